The highest BCUT2D eigenvalue weighted by Gasteiger charge is 2.23. The lowest BCUT2D eigenvalue weighted by Crippen LogP contribution is -2.40. The average Bonchev–Trinajstić information content (AvgIpc) is 2.60. The summed E-state index contributed by atoms with van der Waals surface area (Å²) in [6.07, 6.45) is 2.68. The second-order valence-electron chi connectivity index (χ2n) is 5.75. The fraction of sp³-hybridized carbons (Fsp3) is 0.692. The van der Waals surface area contributed by atoms with E-state index in [2.05, 4.69) is 17.0 Å². The van der Waals surface area contributed by atoms with Gasteiger partial charge in [0.15, 0.2) is 0 Å². The first-order valence-electron chi connectivity index (χ1n) is 6.57. The molecule has 110 valence electrons. The van der Waals surface area contributed by atoms with Gasteiger partial charge in [0.05, 0.1) is 4.90 Å². The molecule has 0 aliphatic rings. The van der Waals surface area contributed by atoms with Gasteiger partial charge in [0, 0.05) is 30.5 Å². The van der Waals surface area contributed by atoms with Gasteiger partial charge in [-0.25, -0.2) is 13.1 Å². The normalized spacial score (nSPS) is 12.9. The van der Waals surface area contributed by atoms with Gasteiger partial charge in [0.2, 0.25) is 10.0 Å². The molecule has 1 heterocycles. The maximum absolute atomic E-state index is 12.3. The Morgan fingerprint density at radius 3 is 2.42 bits per heavy atom. The third-order valence-electron chi connectivity index (χ3n) is 2.53. The van der Waals surface area contributed by atoms with E-state index in [0.29, 0.717) is 11.4 Å². The van der Waals surface area contributed by atoms with Crippen LogP contribution in [0.1, 0.15) is 39.8 Å². The zero-order valence-corrected chi connectivity index (χ0v) is 13.3. The number of hydrogen-bond acceptors (Lipinski definition) is 3. The van der Waals surface area contributed by atoms with Gasteiger partial charge in [-0.3, -0.25) is 0 Å². The highest BCUT2D eigenvalue weighted by Crippen LogP contribution is 2.17. The van der Waals surface area contributed by atoms with Crippen LogP contribution in [0.25, 0.3) is 0 Å². The van der Waals surface area contributed by atoms with E-state index in [1.807, 2.05) is 32.4 Å². The maximum atomic E-state index is 12.3. The van der Waals surface area contributed by atoms with E-state index < -0.39 is 15.6 Å². The molecule has 0 aromatic carbocycles. The molecule has 0 amide bonds. The minimum Gasteiger partial charge on any atom is -0.349 e. The standard InChI is InChI=1S/C13H25N3O2S/c1-6-7-16-10-12(8-11(16)9-14-5)19(17,18)15-13(2,3)4/h8,10,14-15H,6-7,9H2,1-5H3. The number of rotatable bonds is 6. The number of aromatic nitrogens is 1. The Bertz CT molecular complexity index is 489. The number of aryl methyl sites for hydroxylation is 1. The second-order valence-corrected chi connectivity index (χ2v) is 7.43. The van der Waals surface area contributed by atoms with E-state index in [1.165, 1.54) is 0 Å². The van der Waals surface area contributed by atoms with E-state index in [9.17, 15) is 8.42 Å². The van der Waals surface area contributed by atoms with E-state index in [4.69, 9.17) is 0 Å². The molecule has 0 atom stereocenters. The van der Waals surface area contributed by atoms with Crippen LogP contribution in [-0.2, 0) is 23.1 Å². The summed E-state index contributed by atoms with van der Waals surface area (Å²) in [5.41, 5.74) is 0.508. The quantitative estimate of drug-likeness (QED) is 0.837. The van der Waals surface area contributed by atoms with Crippen LogP contribution in [0.4, 0.5) is 0 Å². The van der Waals surface area contributed by atoms with Crippen LogP contribution in [0, 0.1) is 0 Å². The van der Waals surface area contributed by atoms with Crippen molar-refractivity contribution in [3.63, 3.8) is 0 Å². The first kappa shape index (κ1) is 16.2. The number of hydrogen-bond donors (Lipinski definition) is 2. The lowest BCUT2D eigenvalue weighted by atomic mass is 10.1. The van der Waals surface area contributed by atoms with Crippen molar-refractivity contribution in [2.75, 3.05) is 7.05 Å². The van der Waals surface area contributed by atoms with Gasteiger partial charge < -0.3 is 9.88 Å². The summed E-state index contributed by atoms with van der Waals surface area (Å²) < 4.78 is 29.2. The predicted molar refractivity (Wildman–Crippen MR) is 77.6 cm³/mol. The molecule has 19 heavy (non-hydrogen) atoms. The van der Waals surface area contributed by atoms with Crippen molar-refractivity contribution in [2.24, 2.45) is 0 Å². The third kappa shape index (κ3) is 4.63. The van der Waals surface area contributed by atoms with Crippen LogP contribution in [0.5, 0.6) is 0 Å². The molecule has 1 rings (SSSR count). The first-order chi connectivity index (χ1) is 8.69. The minimum absolute atomic E-state index is 0.334. The molecular weight excluding hydrogens is 262 g/mol. The number of nitrogens with zero attached hydrogens (tertiary/aromatic N) is 1. The highest BCUT2D eigenvalue weighted by molar-refractivity contribution is 7.89. The summed E-state index contributed by atoms with van der Waals surface area (Å²) >= 11 is 0. The maximum Gasteiger partial charge on any atom is 0.242 e. The molecule has 1 aromatic rings. The van der Waals surface area contributed by atoms with Gasteiger partial charge in [-0.1, -0.05) is 6.92 Å². The molecule has 6 heteroatoms. The predicted octanol–water partition coefficient (Wildman–Crippen LogP) is 1.69. The van der Waals surface area contributed by atoms with Gasteiger partial charge in [0.25, 0.3) is 0 Å². The van der Waals surface area contributed by atoms with Gasteiger partial charge in [-0.2, -0.15) is 0 Å². The molecule has 0 unspecified atom stereocenters. The molecule has 5 nitrogen and oxygen atoms in total. The Labute approximate surface area is 116 Å². The topological polar surface area (TPSA) is 63.1 Å². The Balaban J connectivity index is 3.10. The van der Waals surface area contributed by atoms with Crippen LogP contribution < -0.4 is 10.0 Å². The molecule has 0 saturated heterocycles. The van der Waals surface area contributed by atoms with E-state index in [-0.39, 0.29) is 0 Å². The fourth-order valence-electron chi connectivity index (χ4n) is 1.91. The summed E-state index contributed by atoms with van der Waals surface area (Å²) in [5, 5.41) is 3.06. The van der Waals surface area contributed by atoms with Crippen molar-refractivity contribution in [1.82, 2.24) is 14.6 Å². The average molecular weight is 287 g/mol. The van der Waals surface area contributed by atoms with Gasteiger partial charge >= 0.3 is 0 Å². The molecule has 2 N–H and O–H groups in total. The van der Waals surface area contributed by atoms with Crippen molar-refractivity contribution in [1.29, 1.82) is 0 Å². The summed E-state index contributed by atoms with van der Waals surface area (Å²) in [6.45, 7) is 9.06. The zero-order valence-electron chi connectivity index (χ0n) is 12.4. The Morgan fingerprint density at radius 2 is 1.95 bits per heavy atom. The molecule has 1 aromatic heterocycles. The Kier molecular flexibility index (Phi) is 5.18. The second kappa shape index (κ2) is 6.07. The lowest BCUT2D eigenvalue weighted by molar-refractivity contribution is 0.491. The lowest BCUT2D eigenvalue weighted by Gasteiger charge is -2.19. The van der Waals surface area contributed by atoms with Crippen molar-refractivity contribution in [2.45, 2.75) is 57.6 Å². The fourth-order valence-corrected chi connectivity index (χ4v) is 3.39. The van der Waals surface area contributed by atoms with Gasteiger partial charge in [-0.15, -0.1) is 0 Å². The highest BCUT2D eigenvalue weighted by atomic mass is 32.2. The third-order valence-corrected chi connectivity index (χ3v) is 4.26. The molecule has 0 aliphatic carbocycles. The largest absolute Gasteiger partial charge is 0.349 e. The SMILES string of the molecule is CCCn1cc(S(=O)(=O)NC(C)(C)C)cc1CNC. The minimum atomic E-state index is -3.45. The van der Waals surface area contributed by atoms with Crippen LogP contribution in [0.15, 0.2) is 17.2 Å². The summed E-state index contributed by atoms with van der Waals surface area (Å²) in [5.74, 6) is 0. The Hall–Kier alpha value is -0.850. The molecule has 0 bridgehead atoms. The van der Waals surface area contributed by atoms with Crippen LogP contribution in [-0.4, -0.2) is 25.6 Å². The van der Waals surface area contributed by atoms with Crippen molar-refractivity contribution >= 4 is 10.0 Å². The first-order valence-corrected chi connectivity index (χ1v) is 8.05. The van der Waals surface area contributed by atoms with Gasteiger partial charge in [-0.05, 0) is 40.3 Å². The summed E-state index contributed by atoms with van der Waals surface area (Å²) in [7, 11) is -1.60. The monoisotopic (exact) mass is 287 g/mol. The molecule has 0 aliphatic heterocycles. The van der Waals surface area contributed by atoms with E-state index in [1.54, 1.807) is 12.3 Å². The van der Waals surface area contributed by atoms with Crippen molar-refractivity contribution in [3.05, 3.63) is 18.0 Å². The molecule has 0 saturated carbocycles. The number of sulfonamides is 1. The van der Waals surface area contributed by atoms with Gasteiger partial charge in [0.1, 0.15) is 0 Å². The van der Waals surface area contributed by atoms with Crippen LogP contribution in [0.3, 0.4) is 0 Å². The molecule has 0 radical (unpaired) electrons. The zero-order chi connectivity index (χ0) is 14.7. The smallest absolute Gasteiger partial charge is 0.242 e. The summed E-state index contributed by atoms with van der Waals surface area (Å²) in [4.78, 5) is 0.334. The van der Waals surface area contributed by atoms with Crippen molar-refractivity contribution < 1.29 is 8.42 Å². The van der Waals surface area contributed by atoms with Crippen LogP contribution >= 0.6 is 0 Å². The molecule has 0 fully saturated rings. The molecular formula is C13H25N3O2S. The van der Waals surface area contributed by atoms with E-state index in [0.717, 1.165) is 18.7 Å². The Morgan fingerprint density at radius 1 is 1.32 bits per heavy atom. The van der Waals surface area contributed by atoms with Crippen LogP contribution in [0.2, 0.25) is 0 Å². The number of nitrogens with one attached hydrogen (secondary N) is 2. The van der Waals surface area contributed by atoms with Crippen molar-refractivity contribution in [3.8, 4) is 0 Å². The summed E-state index contributed by atoms with van der Waals surface area (Å²) in [6, 6.07) is 1.74. The molecule has 0 spiro atoms. The van der Waals surface area contributed by atoms with E-state index >= 15 is 0 Å².